The highest BCUT2D eigenvalue weighted by atomic mass is 19.3. The van der Waals surface area contributed by atoms with Gasteiger partial charge in [-0.3, -0.25) is 4.40 Å². The maximum atomic E-state index is 14.1. The number of nitrogens with one attached hydrogen (secondary N) is 1. The van der Waals surface area contributed by atoms with Gasteiger partial charge in [0, 0.05) is 49.5 Å². The van der Waals surface area contributed by atoms with E-state index in [1.54, 1.807) is 0 Å². The van der Waals surface area contributed by atoms with Gasteiger partial charge in [-0.25, -0.2) is 13.8 Å². The number of hydrogen-bond acceptors (Lipinski definition) is 3. The zero-order chi connectivity index (χ0) is 23.3. The van der Waals surface area contributed by atoms with Gasteiger partial charge < -0.3 is 10.2 Å². The van der Waals surface area contributed by atoms with Crippen LogP contribution in [-0.2, 0) is 6.42 Å². The number of nitrogens with zero attached hydrogens (tertiary/aromatic N) is 3. The van der Waals surface area contributed by atoms with E-state index in [9.17, 15) is 8.78 Å². The summed E-state index contributed by atoms with van der Waals surface area (Å²) >= 11 is 0. The molecule has 176 valence electrons. The van der Waals surface area contributed by atoms with Crippen molar-refractivity contribution < 1.29 is 8.78 Å². The van der Waals surface area contributed by atoms with Crippen LogP contribution in [0, 0.1) is 6.92 Å². The van der Waals surface area contributed by atoms with Crippen LogP contribution in [0.2, 0.25) is 0 Å². The summed E-state index contributed by atoms with van der Waals surface area (Å²) in [4.78, 5) is 7.28. The van der Waals surface area contributed by atoms with Crippen molar-refractivity contribution in [1.29, 1.82) is 0 Å². The summed E-state index contributed by atoms with van der Waals surface area (Å²) in [6, 6.07) is 18.9. The molecule has 2 saturated heterocycles. The van der Waals surface area contributed by atoms with Crippen LogP contribution >= 0.6 is 0 Å². The van der Waals surface area contributed by atoms with E-state index in [0.717, 1.165) is 48.3 Å². The fraction of sp³-hybridized carbons (Fsp3) is 0.393. The van der Waals surface area contributed by atoms with Gasteiger partial charge in [-0.1, -0.05) is 42.5 Å². The van der Waals surface area contributed by atoms with Crippen molar-refractivity contribution in [2.45, 2.75) is 51.0 Å². The van der Waals surface area contributed by atoms with E-state index in [1.165, 1.54) is 22.3 Å². The number of hydrogen-bond donors (Lipinski definition) is 1. The second-order valence-electron chi connectivity index (χ2n) is 9.75. The van der Waals surface area contributed by atoms with E-state index in [2.05, 4.69) is 57.9 Å². The molecule has 1 N–H and O–H groups in total. The van der Waals surface area contributed by atoms with Crippen LogP contribution in [0.4, 0.5) is 14.6 Å². The molecule has 0 bridgehead atoms. The maximum Gasteiger partial charge on any atom is 0.251 e. The number of pyridine rings is 1. The normalized spacial score (nSPS) is 20.4. The van der Waals surface area contributed by atoms with Crippen LogP contribution in [0.15, 0.2) is 54.6 Å². The molecule has 2 aromatic heterocycles. The number of benzene rings is 2. The average molecular weight is 461 g/mol. The third-order valence-corrected chi connectivity index (χ3v) is 7.57. The Balaban J connectivity index is 1.65. The van der Waals surface area contributed by atoms with Gasteiger partial charge in [-0.2, -0.15) is 0 Å². The Labute approximate surface area is 198 Å². The number of imidazole rings is 1. The molecule has 0 aliphatic carbocycles. The fourth-order valence-electron chi connectivity index (χ4n) is 5.79. The van der Waals surface area contributed by atoms with Crippen molar-refractivity contribution >= 4 is 22.5 Å². The first-order valence-electron chi connectivity index (χ1n) is 12.3. The number of aromatic nitrogens is 2. The molecule has 1 unspecified atom stereocenters. The molecule has 4 aromatic rings. The van der Waals surface area contributed by atoms with Gasteiger partial charge in [0.05, 0.1) is 11.0 Å². The van der Waals surface area contributed by atoms with E-state index in [4.69, 9.17) is 4.98 Å². The van der Waals surface area contributed by atoms with Gasteiger partial charge in [0.25, 0.3) is 5.92 Å². The summed E-state index contributed by atoms with van der Waals surface area (Å²) in [6.45, 7) is 3.90. The monoisotopic (exact) mass is 460 g/mol. The first kappa shape index (κ1) is 21.5. The summed E-state index contributed by atoms with van der Waals surface area (Å²) in [7, 11) is 0. The molecule has 6 heteroatoms. The molecule has 4 heterocycles. The molecule has 0 spiro atoms. The number of rotatable bonds is 4. The molecule has 0 saturated carbocycles. The van der Waals surface area contributed by atoms with Crippen LogP contribution in [0.3, 0.4) is 0 Å². The Kier molecular flexibility index (Phi) is 5.29. The second-order valence-corrected chi connectivity index (χ2v) is 9.75. The van der Waals surface area contributed by atoms with Crippen LogP contribution in [0.25, 0.3) is 16.7 Å². The molecule has 2 aliphatic heterocycles. The number of fused-ring (bicyclic) bond motifs is 3. The third-order valence-electron chi connectivity index (χ3n) is 7.57. The molecule has 0 radical (unpaired) electrons. The Morgan fingerprint density at radius 1 is 1.03 bits per heavy atom. The molecule has 2 aliphatic rings. The van der Waals surface area contributed by atoms with Gasteiger partial charge in [-0.05, 0) is 49.6 Å². The molecule has 2 aromatic carbocycles. The second kappa shape index (κ2) is 8.35. The minimum atomic E-state index is -2.59. The summed E-state index contributed by atoms with van der Waals surface area (Å²) in [5.74, 6) is -1.56. The lowest BCUT2D eigenvalue weighted by atomic mass is 9.92. The van der Waals surface area contributed by atoms with Gasteiger partial charge in [0.15, 0.2) is 0 Å². The fourth-order valence-corrected chi connectivity index (χ4v) is 5.79. The minimum absolute atomic E-state index is 0.114. The zero-order valence-corrected chi connectivity index (χ0v) is 19.5. The molecule has 34 heavy (non-hydrogen) atoms. The maximum absolute atomic E-state index is 14.1. The number of alkyl halides is 2. The van der Waals surface area contributed by atoms with Crippen LogP contribution in [-0.4, -0.2) is 34.9 Å². The largest absolute Gasteiger partial charge is 0.357 e. The molecular formula is C28H30F2N4. The van der Waals surface area contributed by atoms with Crippen LogP contribution < -0.4 is 10.2 Å². The van der Waals surface area contributed by atoms with Gasteiger partial charge in [-0.15, -0.1) is 0 Å². The van der Waals surface area contributed by atoms with Gasteiger partial charge in [0.2, 0.25) is 0 Å². The minimum Gasteiger partial charge on any atom is -0.357 e. The SMILES string of the molecule is Cc1c(Cc2ccccc2)c(N2CCC(F)(F)CC2)n2c(nc3ccccc32)c1C1CCCN1. The first-order valence-corrected chi connectivity index (χ1v) is 12.3. The third kappa shape index (κ3) is 3.65. The Morgan fingerprint density at radius 2 is 1.76 bits per heavy atom. The molecule has 4 nitrogen and oxygen atoms in total. The first-order chi connectivity index (χ1) is 16.5. The van der Waals surface area contributed by atoms with Crippen molar-refractivity contribution in [2.75, 3.05) is 24.5 Å². The van der Waals surface area contributed by atoms with E-state index in [0.29, 0.717) is 13.1 Å². The smallest absolute Gasteiger partial charge is 0.251 e. The molecule has 6 rings (SSSR count). The average Bonchev–Trinajstić information content (AvgIpc) is 3.49. The lowest BCUT2D eigenvalue weighted by molar-refractivity contribution is -0.0222. The highest BCUT2D eigenvalue weighted by Gasteiger charge is 2.36. The van der Waals surface area contributed by atoms with Crippen LogP contribution in [0.1, 0.15) is 54.0 Å². The van der Waals surface area contributed by atoms with Crippen molar-refractivity contribution in [1.82, 2.24) is 14.7 Å². The molecule has 0 amide bonds. The molecular weight excluding hydrogens is 430 g/mol. The Hall–Kier alpha value is -2.99. The number of halogens is 2. The molecule has 1 atom stereocenters. The summed E-state index contributed by atoms with van der Waals surface area (Å²) in [6.07, 6.45) is 2.76. The lowest BCUT2D eigenvalue weighted by Crippen LogP contribution is -2.41. The lowest BCUT2D eigenvalue weighted by Gasteiger charge is -2.36. The standard InChI is InChI=1S/C28H30F2N4/c1-19-21(18-20-8-3-2-4-9-20)27(33-16-13-28(29,30)14-17-33)34-24-12-6-5-10-22(24)32-26(34)25(19)23-11-7-15-31-23/h2-6,8-10,12,23,31H,7,11,13-18H2,1H3. The predicted molar refractivity (Wildman–Crippen MR) is 133 cm³/mol. The highest BCUT2D eigenvalue weighted by molar-refractivity contribution is 5.85. The van der Waals surface area contributed by atoms with Crippen molar-refractivity contribution in [2.24, 2.45) is 0 Å². The summed E-state index contributed by atoms with van der Waals surface area (Å²) in [5, 5.41) is 3.68. The van der Waals surface area contributed by atoms with Gasteiger partial charge in [0.1, 0.15) is 11.5 Å². The van der Waals surface area contributed by atoms with Crippen molar-refractivity contribution in [3.8, 4) is 0 Å². The van der Waals surface area contributed by atoms with Gasteiger partial charge >= 0.3 is 0 Å². The van der Waals surface area contributed by atoms with E-state index in [-0.39, 0.29) is 18.9 Å². The molecule has 2 fully saturated rings. The Bertz CT molecular complexity index is 1330. The summed E-state index contributed by atoms with van der Waals surface area (Å²) in [5.41, 5.74) is 7.88. The topological polar surface area (TPSA) is 32.6 Å². The van der Waals surface area contributed by atoms with E-state index >= 15 is 0 Å². The quantitative estimate of drug-likeness (QED) is 0.403. The Morgan fingerprint density at radius 3 is 2.50 bits per heavy atom. The number of piperidine rings is 1. The van der Waals surface area contributed by atoms with Crippen molar-refractivity contribution in [3.63, 3.8) is 0 Å². The van der Waals surface area contributed by atoms with E-state index < -0.39 is 5.92 Å². The highest BCUT2D eigenvalue weighted by Crippen LogP contribution is 2.41. The number of para-hydroxylation sites is 2. The number of anilines is 1. The van der Waals surface area contributed by atoms with Crippen LogP contribution in [0.5, 0.6) is 0 Å². The zero-order valence-electron chi connectivity index (χ0n) is 19.5. The van der Waals surface area contributed by atoms with Crippen molar-refractivity contribution in [3.05, 3.63) is 76.9 Å². The van der Waals surface area contributed by atoms with E-state index in [1.807, 2.05) is 18.2 Å². The predicted octanol–water partition coefficient (Wildman–Crippen LogP) is 6.05. The summed E-state index contributed by atoms with van der Waals surface area (Å²) < 4.78 is 30.5.